The van der Waals surface area contributed by atoms with Gasteiger partial charge < -0.3 is 5.11 Å². The van der Waals surface area contributed by atoms with Gasteiger partial charge >= 0.3 is 5.97 Å². The van der Waals surface area contributed by atoms with Crippen molar-refractivity contribution in [3.8, 4) is 5.69 Å². The fraction of sp³-hybridized carbons (Fsp3) is 0.400. The van der Waals surface area contributed by atoms with Gasteiger partial charge in [0.2, 0.25) is 0 Å². The van der Waals surface area contributed by atoms with E-state index in [0.29, 0.717) is 11.8 Å². The van der Waals surface area contributed by atoms with Crippen LogP contribution in [-0.2, 0) is 0 Å². The molecule has 1 aromatic heterocycles. The minimum atomic E-state index is -1.08. The number of rotatable bonds is 4. The molecular formula is C15H17N3O2. The number of benzene rings is 1. The molecule has 0 saturated heterocycles. The number of carboxylic acid groups (broad SMARTS) is 1. The number of hydrogen-bond donors (Lipinski definition) is 1. The van der Waals surface area contributed by atoms with Gasteiger partial charge in [0.1, 0.15) is 5.82 Å². The number of aromatic carboxylic acids is 1. The topological polar surface area (TPSA) is 68.0 Å². The Balaban J connectivity index is 2.16. The first-order valence-corrected chi connectivity index (χ1v) is 6.87. The average Bonchev–Trinajstić information content (AvgIpc) is 3.17. The maximum absolute atomic E-state index is 11.1. The summed E-state index contributed by atoms with van der Waals surface area (Å²) in [7, 11) is 0. The Bertz CT molecular complexity index is 657. The molecule has 1 saturated carbocycles. The van der Waals surface area contributed by atoms with E-state index in [1.165, 1.54) is 0 Å². The lowest BCUT2D eigenvalue weighted by atomic mass is 10.0. The number of carboxylic acids is 1. The van der Waals surface area contributed by atoms with Gasteiger partial charge in [-0.2, -0.15) is 0 Å². The van der Waals surface area contributed by atoms with Crippen molar-refractivity contribution in [2.24, 2.45) is 0 Å². The van der Waals surface area contributed by atoms with E-state index < -0.39 is 5.97 Å². The van der Waals surface area contributed by atoms with Gasteiger partial charge in [0.05, 0.1) is 5.69 Å². The predicted octanol–water partition coefficient (Wildman–Crippen LogP) is 2.97. The van der Waals surface area contributed by atoms with E-state index in [2.05, 4.69) is 30.0 Å². The Morgan fingerprint density at radius 2 is 2.05 bits per heavy atom. The SMILES string of the molecule is CC(C)c1ccccc1-n1nc(C(=O)O)nc1C1CC1. The van der Waals surface area contributed by atoms with E-state index >= 15 is 0 Å². The van der Waals surface area contributed by atoms with Gasteiger partial charge in [-0.05, 0) is 30.4 Å². The Kier molecular flexibility index (Phi) is 3.04. The van der Waals surface area contributed by atoms with Crippen molar-refractivity contribution in [2.75, 3.05) is 0 Å². The summed E-state index contributed by atoms with van der Waals surface area (Å²) < 4.78 is 1.72. The third-order valence-corrected chi connectivity index (χ3v) is 3.55. The fourth-order valence-electron chi connectivity index (χ4n) is 2.37. The highest BCUT2D eigenvalue weighted by Crippen LogP contribution is 2.40. The highest BCUT2D eigenvalue weighted by atomic mass is 16.4. The van der Waals surface area contributed by atoms with E-state index in [4.69, 9.17) is 5.11 Å². The molecule has 0 atom stereocenters. The molecule has 3 rings (SSSR count). The first kappa shape index (κ1) is 12.8. The maximum atomic E-state index is 11.1. The van der Waals surface area contributed by atoms with Crippen LogP contribution in [0, 0.1) is 0 Å². The summed E-state index contributed by atoms with van der Waals surface area (Å²) in [6, 6.07) is 7.96. The summed E-state index contributed by atoms with van der Waals surface area (Å²) in [5.41, 5.74) is 2.08. The lowest BCUT2D eigenvalue weighted by Gasteiger charge is -2.13. The largest absolute Gasteiger partial charge is 0.475 e. The zero-order valence-corrected chi connectivity index (χ0v) is 11.6. The summed E-state index contributed by atoms with van der Waals surface area (Å²) in [5, 5.41) is 13.3. The van der Waals surface area contributed by atoms with Crippen molar-refractivity contribution >= 4 is 5.97 Å². The standard InChI is InChI=1S/C15H17N3O2/c1-9(2)11-5-3-4-6-12(11)18-14(10-7-8-10)16-13(17-18)15(19)20/h3-6,9-10H,7-8H2,1-2H3,(H,19,20). The van der Waals surface area contributed by atoms with Crippen LogP contribution in [0.25, 0.3) is 5.69 Å². The molecular weight excluding hydrogens is 254 g/mol. The van der Waals surface area contributed by atoms with Gasteiger partial charge in [-0.15, -0.1) is 5.10 Å². The van der Waals surface area contributed by atoms with Gasteiger partial charge in [0.15, 0.2) is 0 Å². The van der Waals surface area contributed by atoms with Crippen LogP contribution in [0.1, 0.15) is 60.5 Å². The number of aromatic nitrogens is 3. The zero-order valence-electron chi connectivity index (χ0n) is 11.6. The summed E-state index contributed by atoms with van der Waals surface area (Å²) in [6.45, 7) is 4.23. The van der Waals surface area contributed by atoms with Gasteiger partial charge in [0.25, 0.3) is 5.82 Å². The molecule has 0 amide bonds. The normalized spacial score (nSPS) is 14.8. The second kappa shape index (κ2) is 4.74. The summed E-state index contributed by atoms with van der Waals surface area (Å²) in [5.74, 6) is 0.264. The number of para-hydroxylation sites is 1. The number of hydrogen-bond acceptors (Lipinski definition) is 3. The van der Waals surface area contributed by atoms with Crippen molar-refractivity contribution in [3.63, 3.8) is 0 Å². The monoisotopic (exact) mass is 271 g/mol. The molecule has 1 aromatic carbocycles. The minimum Gasteiger partial charge on any atom is -0.475 e. The van der Waals surface area contributed by atoms with Crippen LogP contribution in [0.2, 0.25) is 0 Å². The van der Waals surface area contributed by atoms with Gasteiger partial charge in [-0.1, -0.05) is 32.0 Å². The van der Waals surface area contributed by atoms with Crippen molar-refractivity contribution in [1.82, 2.24) is 14.8 Å². The van der Waals surface area contributed by atoms with Crippen LogP contribution in [-0.4, -0.2) is 25.8 Å². The van der Waals surface area contributed by atoms with E-state index in [0.717, 1.165) is 29.9 Å². The van der Waals surface area contributed by atoms with Crippen molar-refractivity contribution in [1.29, 1.82) is 0 Å². The smallest absolute Gasteiger partial charge is 0.375 e. The molecule has 20 heavy (non-hydrogen) atoms. The van der Waals surface area contributed by atoms with Crippen LogP contribution < -0.4 is 0 Å². The number of nitrogens with zero attached hydrogens (tertiary/aromatic N) is 3. The molecule has 1 fully saturated rings. The molecule has 1 heterocycles. The summed E-state index contributed by atoms with van der Waals surface area (Å²) >= 11 is 0. The first-order chi connectivity index (χ1) is 9.58. The molecule has 5 heteroatoms. The van der Waals surface area contributed by atoms with Crippen LogP contribution in [0.5, 0.6) is 0 Å². The summed E-state index contributed by atoms with van der Waals surface area (Å²) in [6.07, 6.45) is 2.11. The average molecular weight is 271 g/mol. The molecule has 5 nitrogen and oxygen atoms in total. The minimum absolute atomic E-state index is 0.120. The molecule has 0 spiro atoms. The van der Waals surface area contributed by atoms with Crippen LogP contribution >= 0.6 is 0 Å². The van der Waals surface area contributed by atoms with Crippen LogP contribution in [0.15, 0.2) is 24.3 Å². The lowest BCUT2D eigenvalue weighted by molar-refractivity contribution is 0.0683. The van der Waals surface area contributed by atoms with E-state index in [-0.39, 0.29) is 5.82 Å². The van der Waals surface area contributed by atoms with Crippen molar-refractivity contribution < 1.29 is 9.90 Å². The van der Waals surface area contributed by atoms with Crippen molar-refractivity contribution in [3.05, 3.63) is 41.5 Å². The fourth-order valence-corrected chi connectivity index (χ4v) is 2.37. The molecule has 1 aliphatic carbocycles. The second-order valence-electron chi connectivity index (χ2n) is 5.50. The summed E-state index contributed by atoms with van der Waals surface area (Å²) in [4.78, 5) is 15.3. The Hall–Kier alpha value is -2.17. The van der Waals surface area contributed by atoms with Gasteiger partial charge in [0, 0.05) is 5.92 Å². The molecule has 0 aliphatic heterocycles. The third kappa shape index (κ3) is 2.19. The zero-order chi connectivity index (χ0) is 14.3. The Morgan fingerprint density at radius 1 is 1.35 bits per heavy atom. The highest BCUT2D eigenvalue weighted by Gasteiger charge is 2.32. The predicted molar refractivity (Wildman–Crippen MR) is 74.4 cm³/mol. The van der Waals surface area contributed by atoms with E-state index in [9.17, 15) is 4.79 Å². The first-order valence-electron chi connectivity index (χ1n) is 6.87. The van der Waals surface area contributed by atoms with E-state index in [1.807, 2.05) is 18.2 Å². The van der Waals surface area contributed by atoms with Crippen LogP contribution in [0.3, 0.4) is 0 Å². The quantitative estimate of drug-likeness (QED) is 0.928. The molecule has 0 bridgehead atoms. The van der Waals surface area contributed by atoms with Gasteiger partial charge in [-0.25, -0.2) is 14.5 Å². The Labute approximate surface area is 117 Å². The van der Waals surface area contributed by atoms with Crippen LogP contribution in [0.4, 0.5) is 0 Å². The highest BCUT2D eigenvalue weighted by molar-refractivity contribution is 5.83. The molecule has 1 N–H and O–H groups in total. The third-order valence-electron chi connectivity index (χ3n) is 3.55. The molecule has 0 radical (unpaired) electrons. The Morgan fingerprint density at radius 3 is 2.65 bits per heavy atom. The van der Waals surface area contributed by atoms with Gasteiger partial charge in [-0.3, -0.25) is 0 Å². The maximum Gasteiger partial charge on any atom is 0.375 e. The lowest BCUT2D eigenvalue weighted by Crippen LogP contribution is -2.07. The molecule has 1 aliphatic rings. The van der Waals surface area contributed by atoms with E-state index in [1.54, 1.807) is 4.68 Å². The molecule has 2 aromatic rings. The van der Waals surface area contributed by atoms with Crippen molar-refractivity contribution in [2.45, 2.75) is 38.5 Å². The molecule has 0 unspecified atom stereocenters. The number of carbonyl (C=O) groups is 1. The molecule has 104 valence electrons. The second-order valence-corrected chi connectivity index (χ2v) is 5.50.